The van der Waals surface area contributed by atoms with Crippen molar-refractivity contribution in [1.29, 1.82) is 0 Å². The lowest BCUT2D eigenvalue weighted by Gasteiger charge is -2.32. The fourth-order valence-corrected chi connectivity index (χ4v) is 7.12. The van der Waals surface area contributed by atoms with Crippen LogP contribution in [-0.2, 0) is 20.9 Å². The van der Waals surface area contributed by atoms with Gasteiger partial charge in [0.2, 0.25) is 11.8 Å². The molecule has 3 aliphatic rings. The summed E-state index contributed by atoms with van der Waals surface area (Å²) >= 11 is 0. The summed E-state index contributed by atoms with van der Waals surface area (Å²) < 4.78 is 22.6. The summed E-state index contributed by atoms with van der Waals surface area (Å²) in [6.45, 7) is 3.06. The second-order valence-electron chi connectivity index (χ2n) is 13.3. The first-order chi connectivity index (χ1) is 24.3. The van der Waals surface area contributed by atoms with E-state index in [4.69, 9.17) is 18.9 Å². The maximum atomic E-state index is 14.5. The van der Waals surface area contributed by atoms with Crippen molar-refractivity contribution in [2.45, 2.75) is 82.5 Å². The number of carbonyl (C=O) groups excluding carboxylic acids is 3. The number of carbonyl (C=O) groups is 3. The van der Waals surface area contributed by atoms with Crippen LogP contribution in [0.4, 0.5) is 4.79 Å². The zero-order valence-electron chi connectivity index (χ0n) is 29.1. The molecule has 12 heteroatoms. The molecule has 1 N–H and O–H groups in total. The maximum Gasteiger partial charge on any atom is 0.332 e. The van der Waals surface area contributed by atoms with E-state index < -0.39 is 23.7 Å². The molecule has 2 aliphatic heterocycles. The number of hydrogen-bond donors (Lipinski definition) is 1. The smallest absolute Gasteiger partial charge is 0.332 e. The average Bonchev–Trinajstić information content (AvgIpc) is 3.67. The molecule has 4 atom stereocenters. The summed E-state index contributed by atoms with van der Waals surface area (Å²) in [6, 6.07) is 18.0. The van der Waals surface area contributed by atoms with E-state index in [9.17, 15) is 14.4 Å². The summed E-state index contributed by atoms with van der Waals surface area (Å²) in [4.78, 5) is 54.4. The highest BCUT2D eigenvalue weighted by Crippen LogP contribution is 2.48. The Morgan fingerprint density at radius 3 is 2.46 bits per heavy atom. The number of nitrogens with one attached hydrogen (secondary N) is 1. The van der Waals surface area contributed by atoms with E-state index in [1.807, 2.05) is 59.5 Å². The lowest BCUT2D eigenvalue weighted by molar-refractivity contribution is -0.149. The highest BCUT2D eigenvalue weighted by Gasteiger charge is 2.62. The zero-order valence-corrected chi connectivity index (χ0v) is 29.1. The summed E-state index contributed by atoms with van der Waals surface area (Å²) in [5, 5.41) is 3.08. The monoisotopic (exact) mass is 685 g/mol. The van der Waals surface area contributed by atoms with Crippen LogP contribution in [0.25, 0.3) is 11.3 Å². The van der Waals surface area contributed by atoms with Crippen molar-refractivity contribution in [3.8, 4) is 28.9 Å². The molecular formula is C38H47N5O7. The Morgan fingerprint density at radius 1 is 0.960 bits per heavy atom. The van der Waals surface area contributed by atoms with Crippen molar-refractivity contribution >= 4 is 17.9 Å². The van der Waals surface area contributed by atoms with Crippen LogP contribution in [0.15, 0.2) is 60.7 Å². The summed E-state index contributed by atoms with van der Waals surface area (Å²) in [5.41, 5.74) is 1.36. The molecule has 266 valence electrons. The fourth-order valence-electron chi connectivity index (χ4n) is 7.12. The number of fused-ring (bicyclic) bond motifs is 2. The molecule has 1 aliphatic carbocycles. The molecule has 6 rings (SSSR count). The van der Waals surface area contributed by atoms with E-state index in [0.29, 0.717) is 25.2 Å². The number of methoxy groups -OCH3 is 2. The first-order valence-electron chi connectivity index (χ1n) is 17.7. The Morgan fingerprint density at radius 2 is 1.72 bits per heavy atom. The van der Waals surface area contributed by atoms with Gasteiger partial charge in [-0.3, -0.25) is 4.79 Å². The number of hydrogen-bond acceptors (Lipinski definition) is 9. The van der Waals surface area contributed by atoms with Crippen molar-refractivity contribution in [2.24, 2.45) is 5.92 Å². The quantitative estimate of drug-likeness (QED) is 0.294. The molecule has 1 aromatic heterocycles. The SMILES string of the molecule is CCOC(=O)[C@@]12C[C@H]1CCCCCCCN(Cc1ccc(OC)cc1)C(=O)N1C[C@H](Oc3cc(-c4ccccc4)nc(OC)n3)C[C@H]1C(=O)N2. The molecule has 1 saturated carbocycles. The van der Waals surface area contributed by atoms with Crippen LogP contribution in [0, 0.1) is 5.92 Å². The summed E-state index contributed by atoms with van der Waals surface area (Å²) in [5.74, 6) is 0.221. The van der Waals surface area contributed by atoms with Gasteiger partial charge in [-0.1, -0.05) is 68.1 Å². The Bertz CT molecular complexity index is 1640. The Kier molecular flexibility index (Phi) is 11.0. The van der Waals surface area contributed by atoms with E-state index >= 15 is 0 Å². The van der Waals surface area contributed by atoms with Gasteiger partial charge in [-0.15, -0.1) is 0 Å². The molecular weight excluding hydrogens is 638 g/mol. The number of esters is 1. The number of amides is 3. The molecule has 0 radical (unpaired) electrons. The molecule has 3 aromatic rings. The van der Waals surface area contributed by atoms with Crippen molar-refractivity contribution < 1.29 is 33.3 Å². The average molecular weight is 686 g/mol. The van der Waals surface area contributed by atoms with E-state index in [1.165, 1.54) is 7.11 Å². The highest BCUT2D eigenvalue weighted by atomic mass is 16.5. The van der Waals surface area contributed by atoms with Crippen LogP contribution in [0.2, 0.25) is 0 Å². The summed E-state index contributed by atoms with van der Waals surface area (Å²) in [6.07, 6.45) is 5.87. The molecule has 3 fully saturated rings. The number of benzene rings is 2. The lowest BCUT2D eigenvalue weighted by atomic mass is 10.0. The molecule has 0 bridgehead atoms. The third-order valence-electron chi connectivity index (χ3n) is 9.91. The van der Waals surface area contributed by atoms with Crippen LogP contribution in [0.3, 0.4) is 0 Å². The van der Waals surface area contributed by atoms with Crippen LogP contribution in [0.5, 0.6) is 17.6 Å². The number of ether oxygens (including phenoxy) is 4. The zero-order chi connectivity index (χ0) is 35.1. The standard InChI is InChI=1S/C38H47N5O7/c1-4-49-35(45)38-23-28(38)15-11-6-5-7-12-20-42(24-26-16-18-29(47-2)19-17-26)37(46)43-25-30(21-32(43)34(44)41-38)50-33-22-31(39-36(40-33)48-3)27-13-9-8-10-14-27/h8-10,13-14,16-19,22,28,30,32H,4-7,11-12,15,20-21,23-25H2,1-3H3,(H,41,44)/t28-,30-,32+,38-/m1/s1. The molecule has 2 saturated heterocycles. The predicted molar refractivity (Wildman–Crippen MR) is 186 cm³/mol. The van der Waals surface area contributed by atoms with Gasteiger partial charge in [-0.2, -0.15) is 9.97 Å². The van der Waals surface area contributed by atoms with Crippen molar-refractivity contribution in [3.63, 3.8) is 0 Å². The molecule has 12 nitrogen and oxygen atoms in total. The third-order valence-corrected chi connectivity index (χ3v) is 9.91. The molecule has 2 aromatic carbocycles. The van der Waals surface area contributed by atoms with Gasteiger partial charge in [0, 0.05) is 31.1 Å². The Balaban J connectivity index is 1.30. The van der Waals surface area contributed by atoms with Gasteiger partial charge in [-0.25, -0.2) is 9.59 Å². The van der Waals surface area contributed by atoms with Gasteiger partial charge >= 0.3 is 18.0 Å². The van der Waals surface area contributed by atoms with Crippen molar-refractivity contribution in [1.82, 2.24) is 25.1 Å². The van der Waals surface area contributed by atoms with Gasteiger partial charge in [0.25, 0.3) is 0 Å². The van der Waals surface area contributed by atoms with E-state index in [2.05, 4.69) is 15.3 Å². The normalized spacial score (nSPS) is 24.2. The second-order valence-corrected chi connectivity index (χ2v) is 13.3. The van der Waals surface area contributed by atoms with Gasteiger partial charge in [-0.05, 0) is 49.8 Å². The molecule has 3 amide bonds. The van der Waals surface area contributed by atoms with Crippen LogP contribution in [-0.4, -0.2) is 89.3 Å². The van der Waals surface area contributed by atoms with Crippen LogP contribution in [0.1, 0.15) is 63.9 Å². The molecule has 50 heavy (non-hydrogen) atoms. The van der Waals surface area contributed by atoms with E-state index in [0.717, 1.165) is 55.4 Å². The van der Waals surface area contributed by atoms with Gasteiger partial charge in [0.05, 0.1) is 33.1 Å². The maximum absolute atomic E-state index is 14.5. The van der Waals surface area contributed by atoms with Crippen LogP contribution < -0.4 is 19.5 Å². The Hall–Kier alpha value is -4.87. The van der Waals surface area contributed by atoms with E-state index in [1.54, 1.807) is 25.0 Å². The number of nitrogens with zero attached hydrogens (tertiary/aromatic N) is 4. The van der Waals surface area contributed by atoms with Crippen LogP contribution >= 0.6 is 0 Å². The number of urea groups is 1. The summed E-state index contributed by atoms with van der Waals surface area (Å²) in [7, 11) is 3.11. The van der Waals surface area contributed by atoms with Crippen molar-refractivity contribution in [3.05, 3.63) is 66.2 Å². The van der Waals surface area contributed by atoms with Gasteiger partial charge in [0.15, 0.2) is 0 Å². The minimum Gasteiger partial charge on any atom is -0.497 e. The van der Waals surface area contributed by atoms with E-state index in [-0.39, 0.29) is 49.3 Å². The Labute approximate surface area is 293 Å². The fraction of sp³-hybridized carbons (Fsp3) is 0.500. The predicted octanol–water partition coefficient (Wildman–Crippen LogP) is 5.40. The largest absolute Gasteiger partial charge is 0.497 e. The van der Waals surface area contributed by atoms with Gasteiger partial charge in [0.1, 0.15) is 23.4 Å². The second kappa shape index (κ2) is 15.8. The molecule has 3 heterocycles. The first-order valence-corrected chi connectivity index (χ1v) is 17.7. The van der Waals surface area contributed by atoms with Crippen molar-refractivity contribution in [2.75, 3.05) is 33.9 Å². The minimum atomic E-state index is -1.08. The lowest BCUT2D eigenvalue weighted by Crippen LogP contribution is -2.55. The number of rotatable bonds is 9. The topological polar surface area (TPSA) is 132 Å². The number of aromatic nitrogens is 2. The molecule has 0 unspecified atom stereocenters. The molecule has 0 spiro atoms. The third kappa shape index (κ3) is 7.95. The minimum absolute atomic E-state index is 0.00434. The highest BCUT2D eigenvalue weighted by molar-refractivity contribution is 5.95. The van der Waals surface area contributed by atoms with Gasteiger partial charge < -0.3 is 34.1 Å². The first kappa shape index (κ1) is 35.0.